The Hall–Kier alpha value is 0.394. The van der Waals surface area contributed by atoms with Gasteiger partial charge in [-0.15, -0.1) is 6.54 Å². The van der Waals surface area contributed by atoms with E-state index in [0.717, 1.165) is 32.7 Å². The zero-order valence-corrected chi connectivity index (χ0v) is 14.2. The molecule has 0 spiro atoms. The van der Waals surface area contributed by atoms with Crippen LogP contribution in [0.4, 0.5) is 0 Å². The third-order valence-electron chi connectivity index (χ3n) is 3.02. The van der Waals surface area contributed by atoms with Crippen molar-refractivity contribution >= 4 is 0 Å². The van der Waals surface area contributed by atoms with Gasteiger partial charge in [0.05, 0.1) is 0 Å². The van der Waals surface area contributed by atoms with E-state index in [1.807, 2.05) is 0 Å². The average Bonchev–Trinajstić information content (AvgIpc) is 2.42. The van der Waals surface area contributed by atoms with Crippen LogP contribution >= 0.6 is 0 Å². The summed E-state index contributed by atoms with van der Waals surface area (Å²) in [6.45, 7) is 5.10. The Morgan fingerprint density at radius 3 is 2.53 bits per heavy atom. The fourth-order valence-corrected chi connectivity index (χ4v) is 1.97. The van der Waals surface area contributed by atoms with Crippen molar-refractivity contribution in [2.24, 2.45) is 0 Å². The standard InChI is InChI=1S/C13H20N3.2ClH.Ti/c1-16-9-7-14-11-13(15-8-10-16)12-5-3-2-4-6-12;;;/h2-6,13-14H,7-11H2,1H3;2*1H;/q-1;;;+3/p-2. The molecule has 1 aliphatic rings. The second-order valence-electron chi connectivity index (χ2n) is 4.34. The molecule has 1 atom stereocenters. The molecule has 1 unspecified atom stereocenters. The molecule has 2 rings (SSSR count). The van der Waals surface area contributed by atoms with Crippen molar-refractivity contribution in [1.82, 2.24) is 10.2 Å². The van der Waals surface area contributed by atoms with Crippen molar-refractivity contribution in [2.75, 3.05) is 39.8 Å². The largest absolute Gasteiger partial charge is 3.00 e. The van der Waals surface area contributed by atoms with Crippen molar-refractivity contribution < 1.29 is 46.5 Å². The number of nitrogens with zero attached hydrogens (tertiary/aromatic N) is 2. The summed E-state index contributed by atoms with van der Waals surface area (Å²) in [5.41, 5.74) is 1.32. The van der Waals surface area contributed by atoms with Gasteiger partial charge in [0.25, 0.3) is 0 Å². The van der Waals surface area contributed by atoms with Crippen molar-refractivity contribution in [3.8, 4) is 0 Å². The summed E-state index contributed by atoms with van der Waals surface area (Å²) in [7, 11) is 2.15. The Bertz CT molecular complexity index is 314. The monoisotopic (exact) mass is 336 g/mol. The Morgan fingerprint density at radius 1 is 1.16 bits per heavy atom. The molecule has 1 fully saturated rings. The molecule has 1 heterocycles. The number of nitrogens with one attached hydrogen (secondary N) is 1. The second kappa shape index (κ2) is 12.2. The summed E-state index contributed by atoms with van der Waals surface area (Å²) in [5.74, 6) is 0. The summed E-state index contributed by atoms with van der Waals surface area (Å²) in [6, 6.07) is 10.9. The maximum Gasteiger partial charge on any atom is 3.00 e. The number of rotatable bonds is 1. The summed E-state index contributed by atoms with van der Waals surface area (Å²) in [4.78, 5) is 2.32. The van der Waals surface area contributed by atoms with Crippen LogP contribution in [0.1, 0.15) is 11.6 Å². The molecule has 1 N–H and O–H groups in total. The molecule has 19 heavy (non-hydrogen) atoms. The van der Waals surface area contributed by atoms with E-state index in [9.17, 15) is 0 Å². The second-order valence-corrected chi connectivity index (χ2v) is 4.34. The normalized spacial score (nSPS) is 20.6. The van der Waals surface area contributed by atoms with E-state index in [-0.39, 0.29) is 46.5 Å². The SMILES string of the molecule is CN1CC[N-]C(c2ccccc2)CNCC1.[Cl-].[Cl-].[Ti+3]. The van der Waals surface area contributed by atoms with Gasteiger partial charge in [0.15, 0.2) is 0 Å². The van der Waals surface area contributed by atoms with E-state index in [1.165, 1.54) is 5.56 Å². The van der Waals surface area contributed by atoms with E-state index in [1.54, 1.807) is 0 Å². The number of hydrogen-bond acceptors (Lipinski definition) is 2. The molecule has 1 radical (unpaired) electrons. The molecular formula is C13H20Cl2N3Ti. The molecule has 0 amide bonds. The first-order valence-electron chi connectivity index (χ1n) is 5.97. The molecule has 0 saturated carbocycles. The smallest absolute Gasteiger partial charge is 1.00 e. The Labute approximate surface area is 143 Å². The fourth-order valence-electron chi connectivity index (χ4n) is 1.97. The molecule has 0 aromatic heterocycles. The minimum absolute atomic E-state index is 0. The molecule has 105 valence electrons. The van der Waals surface area contributed by atoms with Crippen LogP contribution in [0.2, 0.25) is 0 Å². The Morgan fingerprint density at radius 2 is 1.84 bits per heavy atom. The maximum atomic E-state index is 4.76. The number of hydrogen-bond donors (Lipinski definition) is 1. The molecule has 1 aliphatic heterocycles. The first kappa shape index (κ1) is 21.7. The van der Waals surface area contributed by atoms with Crippen molar-refractivity contribution in [3.05, 3.63) is 41.2 Å². The van der Waals surface area contributed by atoms with Crippen LogP contribution in [-0.2, 0) is 21.7 Å². The van der Waals surface area contributed by atoms with E-state index < -0.39 is 0 Å². The third kappa shape index (κ3) is 7.67. The van der Waals surface area contributed by atoms with Crippen LogP contribution in [0.5, 0.6) is 0 Å². The molecular weight excluding hydrogens is 317 g/mol. The van der Waals surface area contributed by atoms with Crippen LogP contribution in [0.25, 0.3) is 5.32 Å². The van der Waals surface area contributed by atoms with Crippen molar-refractivity contribution in [1.29, 1.82) is 0 Å². The summed E-state index contributed by atoms with van der Waals surface area (Å²) in [6.07, 6.45) is 0. The minimum Gasteiger partial charge on any atom is -1.00 e. The Kier molecular flexibility index (Phi) is 13.9. The van der Waals surface area contributed by atoms with Gasteiger partial charge in [-0.25, -0.2) is 0 Å². The van der Waals surface area contributed by atoms with Crippen LogP contribution in [-0.4, -0.2) is 44.7 Å². The van der Waals surface area contributed by atoms with E-state index >= 15 is 0 Å². The molecule has 0 bridgehead atoms. The van der Waals surface area contributed by atoms with Gasteiger partial charge in [0.2, 0.25) is 0 Å². The third-order valence-corrected chi connectivity index (χ3v) is 3.02. The van der Waals surface area contributed by atoms with Gasteiger partial charge in [-0.1, -0.05) is 41.9 Å². The zero-order chi connectivity index (χ0) is 11.2. The maximum absolute atomic E-state index is 4.76. The first-order chi connectivity index (χ1) is 7.86. The average molecular weight is 337 g/mol. The quantitative estimate of drug-likeness (QED) is 0.525. The van der Waals surface area contributed by atoms with Gasteiger partial charge >= 0.3 is 21.7 Å². The topological polar surface area (TPSA) is 29.4 Å². The number of halogens is 2. The van der Waals surface area contributed by atoms with Gasteiger partial charge in [0, 0.05) is 13.1 Å². The van der Waals surface area contributed by atoms with Crippen LogP contribution < -0.4 is 30.1 Å². The summed E-state index contributed by atoms with van der Waals surface area (Å²) >= 11 is 0. The molecule has 1 saturated heterocycles. The number of likely N-dealkylation sites (N-methyl/N-ethyl adjacent to an activating group) is 1. The molecule has 0 aliphatic carbocycles. The molecule has 1 aromatic rings. The summed E-state index contributed by atoms with van der Waals surface area (Å²) in [5, 5.41) is 8.23. The van der Waals surface area contributed by atoms with Gasteiger partial charge in [0.1, 0.15) is 0 Å². The molecule has 3 nitrogen and oxygen atoms in total. The van der Waals surface area contributed by atoms with E-state index in [4.69, 9.17) is 5.32 Å². The van der Waals surface area contributed by atoms with Crippen molar-refractivity contribution in [3.63, 3.8) is 0 Å². The van der Waals surface area contributed by atoms with E-state index in [2.05, 4.69) is 47.6 Å². The predicted molar refractivity (Wildman–Crippen MR) is 67.8 cm³/mol. The van der Waals surface area contributed by atoms with Crippen LogP contribution in [0.15, 0.2) is 30.3 Å². The van der Waals surface area contributed by atoms with E-state index in [0.29, 0.717) is 6.04 Å². The van der Waals surface area contributed by atoms with Gasteiger partial charge in [-0.3, -0.25) is 0 Å². The predicted octanol–water partition coefficient (Wildman–Crippen LogP) is -4.36. The Balaban J connectivity index is 0. The molecule has 1 aromatic carbocycles. The minimum atomic E-state index is 0. The zero-order valence-electron chi connectivity index (χ0n) is 11.1. The molecule has 6 heteroatoms. The van der Waals surface area contributed by atoms with Crippen molar-refractivity contribution in [2.45, 2.75) is 6.04 Å². The van der Waals surface area contributed by atoms with Crippen LogP contribution in [0.3, 0.4) is 0 Å². The number of benzene rings is 1. The van der Waals surface area contributed by atoms with Gasteiger partial charge < -0.3 is 40.3 Å². The first-order valence-corrected chi connectivity index (χ1v) is 5.97. The van der Waals surface area contributed by atoms with Gasteiger partial charge in [-0.2, -0.15) is 0 Å². The summed E-state index contributed by atoms with van der Waals surface area (Å²) < 4.78 is 0. The van der Waals surface area contributed by atoms with Gasteiger partial charge in [-0.05, 0) is 20.1 Å². The fraction of sp³-hybridized carbons (Fsp3) is 0.538. The van der Waals surface area contributed by atoms with Crippen LogP contribution in [0, 0.1) is 0 Å².